The van der Waals surface area contributed by atoms with E-state index >= 15 is 0 Å². The zero-order valence-electron chi connectivity index (χ0n) is 17.5. The fourth-order valence-electron chi connectivity index (χ4n) is 3.59. The van der Waals surface area contributed by atoms with Gasteiger partial charge < -0.3 is 4.74 Å². The Bertz CT molecular complexity index is 1310. The van der Waals surface area contributed by atoms with Crippen LogP contribution in [0.25, 0.3) is 15.9 Å². The number of halogens is 1. The first-order valence-electron chi connectivity index (χ1n) is 10.3. The van der Waals surface area contributed by atoms with Crippen molar-refractivity contribution in [1.82, 2.24) is 15.4 Å². The number of aryl methyl sites for hydroxylation is 2. The topological polar surface area (TPSA) is 50.3 Å². The minimum Gasteiger partial charge on any atom is -0.496 e. The molecular weight excluding hydrogens is 440 g/mol. The largest absolute Gasteiger partial charge is 0.496 e. The molecule has 0 saturated carbocycles. The number of para-hydroxylation sites is 1. The molecule has 0 spiro atoms. The van der Waals surface area contributed by atoms with Crippen molar-refractivity contribution >= 4 is 44.0 Å². The maximum Gasteiger partial charge on any atom is 0.211 e. The Morgan fingerprint density at radius 3 is 2.69 bits per heavy atom. The minimum atomic E-state index is 0.759. The van der Waals surface area contributed by atoms with Crippen LogP contribution in [0.2, 0.25) is 5.02 Å². The number of aromatic nitrogens is 2. The lowest BCUT2D eigenvalue weighted by Crippen LogP contribution is -2.30. The average molecular weight is 461 g/mol. The molecule has 32 heavy (non-hydrogen) atoms. The van der Waals surface area contributed by atoms with Crippen molar-refractivity contribution in [1.29, 1.82) is 0 Å². The van der Waals surface area contributed by atoms with Gasteiger partial charge in [-0.05, 0) is 54.8 Å². The maximum absolute atomic E-state index is 5.98. The monoisotopic (exact) mass is 460 g/mol. The highest BCUT2D eigenvalue weighted by Crippen LogP contribution is 2.32. The van der Waals surface area contributed by atoms with Gasteiger partial charge in [0.1, 0.15) is 16.1 Å². The van der Waals surface area contributed by atoms with E-state index in [-0.39, 0.29) is 0 Å². The molecule has 0 atom stereocenters. The van der Waals surface area contributed by atoms with E-state index in [0.717, 1.165) is 55.9 Å². The number of nitrogens with zero attached hydrogens (tertiary/aromatic N) is 3. The molecule has 160 valence electrons. The fraction of sp³-hybridized carbons (Fsp3) is 0.120. The number of hydrazine groups is 1. The Morgan fingerprint density at radius 1 is 1.00 bits per heavy atom. The molecule has 4 aromatic rings. The predicted molar refractivity (Wildman–Crippen MR) is 132 cm³/mol. The summed E-state index contributed by atoms with van der Waals surface area (Å²) in [6.45, 7) is 0. The van der Waals surface area contributed by atoms with Crippen LogP contribution >= 0.6 is 22.9 Å². The molecule has 5 nitrogen and oxygen atoms in total. The van der Waals surface area contributed by atoms with Gasteiger partial charge in [-0.25, -0.2) is 15.0 Å². The van der Waals surface area contributed by atoms with Gasteiger partial charge in [-0.3, -0.25) is 5.43 Å². The molecule has 7 heteroatoms. The van der Waals surface area contributed by atoms with E-state index in [2.05, 4.69) is 23.6 Å². The molecule has 0 amide bonds. The van der Waals surface area contributed by atoms with Crippen molar-refractivity contribution in [3.63, 3.8) is 0 Å². The molecule has 1 aliphatic heterocycles. The summed E-state index contributed by atoms with van der Waals surface area (Å²) in [5.74, 6) is 0.835. The van der Waals surface area contributed by atoms with Gasteiger partial charge in [0.25, 0.3) is 0 Å². The number of allylic oxidation sites excluding steroid dienone is 2. The number of benzene rings is 2. The Kier molecular flexibility index (Phi) is 5.79. The lowest BCUT2D eigenvalue weighted by Gasteiger charge is -2.22. The zero-order chi connectivity index (χ0) is 21.9. The van der Waals surface area contributed by atoms with Crippen molar-refractivity contribution in [3.8, 4) is 5.75 Å². The standard InChI is InChI=1S/C25H21ClN4OS/c1-31-23-5-3-2-4-21(23)18-14-15-27-30(16-18)25-29-22-13-12-20(28-24(22)32-25)11-8-17-6-9-19(26)10-7-17/h2-7,9-10,12-16,27H,8,11H2,1H3. The normalized spacial score (nSPS) is 13.2. The first kappa shape index (κ1) is 20.5. The number of anilines is 1. The van der Waals surface area contributed by atoms with Crippen molar-refractivity contribution in [2.75, 3.05) is 12.1 Å². The lowest BCUT2D eigenvalue weighted by molar-refractivity contribution is 0.413. The van der Waals surface area contributed by atoms with Gasteiger partial charge in [0.05, 0.1) is 7.11 Å². The molecular formula is C25H21ClN4OS. The number of pyridine rings is 1. The number of methoxy groups -OCH3 is 1. The quantitative estimate of drug-likeness (QED) is 0.381. The number of hydrogen-bond acceptors (Lipinski definition) is 6. The molecule has 2 aromatic heterocycles. The second-order valence-corrected chi connectivity index (χ2v) is 8.76. The van der Waals surface area contributed by atoms with Crippen molar-refractivity contribution in [3.05, 3.63) is 101 Å². The average Bonchev–Trinajstić information content (AvgIpc) is 3.27. The Morgan fingerprint density at radius 2 is 1.84 bits per heavy atom. The third-order valence-corrected chi connectivity index (χ3v) is 6.47. The molecule has 0 saturated heterocycles. The van der Waals surface area contributed by atoms with Crippen LogP contribution < -0.4 is 15.2 Å². The van der Waals surface area contributed by atoms with Gasteiger partial charge in [0, 0.05) is 34.3 Å². The molecule has 3 heterocycles. The van der Waals surface area contributed by atoms with Crippen LogP contribution in [0.15, 0.2) is 79.1 Å². The summed E-state index contributed by atoms with van der Waals surface area (Å²) >= 11 is 7.54. The van der Waals surface area contributed by atoms with Gasteiger partial charge in [-0.1, -0.05) is 53.3 Å². The van der Waals surface area contributed by atoms with E-state index in [1.165, 1.54) is 5.56 Å². The number of nitrogens with one attached hydrogen (secondary N) is 1. The summed E-state index contributed by atoms with van der Waals surface area (Å²) in [6, 6.07) is 20.1. The van der Waals surface area contributed by atoms with E-state index in [1.807, 2.05) is 65.9 Å². The SMILES string of the molecule is COc1ccccc1C1=CN(c2nc3ccc(CCc4ccc(Cl)cc4)nc3s2)NC=C1. The van der Waals surface area contributed by atoms with Crippen LogP contribution in [0.4, 0.5) is 5.13 Å². The molecule has 1 aliphatic rings. The van der Waals surface area contributed by atoms with Crippen LogP contribution in [0.5, 0.6) is 5.75 Å². The number of ether oxygens (including phenoxy) is 1. The summed E-state index contributed by atoms with van der Waals surface area (Å²) in [7, 11) is 1.69. The molecule has 0 radical (unpaired) electrons. The van der Waals surface area contributed by atoms with E-state index in [0.29, 0.717) is 0 Å². The number of fused-ring (bicyclic) bond motifs is 1. The maximum atomic E-state index is 5.98. The van der Waals surface area contributed by atoms with Gasteiger partial charge >= 0.3 is 0 Å². The van der Waals surface area contributed by atoms with Crippen molar-refractivity contribution in [2.24, 2.45) is 0 Å². The minimum absolute atomic E-state index is 0.759. The number of rotatable bonds is 6. The third-order valence-electron chi connectivity index (χ3n) is 5.25. The van der Waals surface area contributed by atoms with Crippen molar-refractivity contribution < 1.29 is 4.74 Å². The first-order valence-corrected chi connectivity index (χ1v) is 11.5. The lowest BCUT2D eigenvalue weighted by atomic mass is 10.1. The molecule has 2 aromatic carbocycles. The molecule has 1 N–H and O–H groups in total. The predicted octanol–water partition coefficient (Wildman–Crippen LogP) is 6.02. The summed E-state index contributed by atoms with van der Waals surface area (Å²) in [4.78, 5) is 10.5. The Labute approximate surface area is 195 Å². The Balaban J connectivity index is 1.37. The summed E-state index contributed by atoms with van der Waals surface area (Å²) in [5, 5.41) is 3.51. The fourth-order valence-corrected chi connectivity index (χ4v) is 4.62. The second-order valence-electron chi connectivity index (χ2n) is 7.37. The molecule has 0 unspecified atom stereocenters. The summed E-state index contributed by atoms with van der Waals surface area (Å²) in [6.07, 6.45) is 7.74. The Hall–Kier alpha value is -3.35. The first-order chi connectivity index (χ1) is 15.7. The number of thiazole rings is 1. The van der Waals surface area contributed by atoms with Crippen LogP contribution in [0, 0.1) is 0 Å². The van der Waals surface area contributed by atoms with E-state index in [1.54, 1.807) is 18.4 Å². The van der Waals surface area contributed by atoms with Crippen LogP contribution in [0.3, 0.4) is 0 Å². The highest BCUT2D eigenvalue weighted by Gasteiger charge is 2.16. The highest BCUT2D eigenvalue weighted by molar-refractivity contribution is 7.21. The van der Waals surface area contributed by atoms with E-state index in [9.17, 15) is 0 Å². The van der Waals surface area contributed by atoms with Crippen LogP contribution in [-0.4, -0.2) is 17.1 Å². The van der Waals surface area contributed by atoms with Crippen molar-refractivity contribution in [2.45, 2.75) is 12.8 Å². The third kappa shape index (κ3) is 4.33. The van der Waals surface area contributed by atoms with Crippen LogP contribution in [-0.2, 0) is 12.8 Å². The number of hydrogen-bond donors (Lipinski definition) is 1. The molecule has 0 bridgehead atoms. The summed E-state index contributed by atoms with van der Waals surface area (Å²) < 4.78 is 5.52. The highest BCUT2D eigenvalue weighted by atomic mass is 35.5. The van der Waals surface area contributed by atoms with Gasteiger partial charge in [0.2, 0.25) is 5.13 Å². The van der Waals surface area contributed by atoms with Gasteiger partial charge in [-0.2, -0.15) is 0 Å². The van der Waals surface area contributed by atoms with E-state index < -0.39 is 0 Å². The summed E-state index contributed by atoms with van der Waals surface area (Å²) in [5.41, 5.74) is 8.51. The van der Waals surface area contributed by atoms with Gasteiger partial charge in [-0.15, -0.1) is 0 Å². The van der Waals surface area contributed by atoms with Crippen LogP contribution in [0.1, 0.15) is 16.8 Å². The molecule has 5 rings (SSSR count). The molecule has 0 fully saturated rings. The molecule has 0 aliphatic carbocycles. The zero-order valence-corrected chi connectivity index (χ0v) is 19.0. The van der Waals surface area contributed by atoms with Gasteiger partial charge in [0.15, 0.2) is 0 Å². The second kappa shape index (κ2) is 9.02. The van der Waals surface area contributed by atoms with E-state index in [4.69, 9.17) is 26.3 Å². The smallest absolute Gasteiger partial charge is 0.211 e.